The lowest BCUT2D eigenvalue weighted by Crippen LogP contribution is -2.40. The van der Waals surface area contributed by atoms with Crippen LogP contribution in [0.4, 0.5) is 18.9 Å². The van der Waals surface area contributed by atoms with E-state index in [2.05, 4.69) is 20.6 Å². The van der Waals surface area contributed by atoms with Gasteiger partial charge in [-0.1, -0.05) is 23.2 Å². The molecule has 1 saturated carbocycles. The molecule has 11 heteroatoms. The van der Waals surface area contributed by atoms with Crippen molar-refractivity contribution in [2.45, 2.75) is 43.9 Å². The molecule has 0 unspecified atom stereocenters. The van der Waals surface area contributed by atoms with Gasteiger partial charge in [0.15, 0.2) is 0 Å². The van der Waals surface area contributed by atoms with Crippen LogP contribution < -0.4 is 15.4 Å². The summed E-state index contributed by atoms with van der Waals surface area (Å²) in [6.07, 6.45) is -0.591. The van der Waals surface area contributed by atoms with Gasteiger partial charge in [-0.25, -0.2) is 9.97 Å². The Hall–Kier alpha value is -2.78. The van der Waals surface area contributed by atoms with E-state index in [1.165, 1.54) is 31.5 Å². The molecule has 0 atom stereocenters. The number of aromatic nitrogens is 2. The Balaban J connectivity index is 1.44. The largest absolute Gasteiger partial charge is 0.481 e. The van der Waals surface area contributed by atoms with Crippen molar-refractivity contribution in [3.05, 3.63) is 57.8 Å². The molecule has 0 spiro atoms. The molecular formula is C23H21Cl2F3N4O2. The van der Waals surface area contributed by atoms with Crippen LogP contribution in [0.2, 0.25) is 10.0 Å². The van der Waals surface area contributed by atoms with Gasteiger partial charge in [0, 0.05) is 34.2 Å². The van der Waals surface area contributed by atoms with Crippen molar-refractivity contribution in [1.82, 2.24) is 15.3 Å². The first-order valence-electron chi connectivity index (χ1n) is 10.6. The van der Waals surface area contributed by atoms with E-state index in [1.54, 1.807) is 6.07 Å². The second kappa shape index (κ2) is 9.84. The van der Waals surface area contributed by atoms with E-state index in [4.69, 9.17) is 27.9 Å². The van der Waals surface area contributed by atoms with Crippen molar-refractivity contribution in [1.29, 1.82) is 0 Å². The minimum absolute atomic E-state index is 0.0663. The number of carbonyl (C=O) groups is 1. The molecule has 34 heavy (non-hydrogen) atoms. The lowest BCUT2D eigenvalue weighted by atomic mass is 9.90. The van der Waals surface area contributed by atoms with Crippen LogP contribution in [0.25, 0.3) is 10.9 Å². The molecule has 1 aliphatic rings. The van der Waals surface area contributed by atoms with Crippen LogP contribution >= 0.6 is 23.2 Å². The average molecular weight is 513 g/mol. The summed E-state index contributed by atoms with van der Waals surface area (Å²) in [6, 6.07) is 6.93. The van der Waals surface area contributed by atoms with Crippen LogP contribution in [0, 0.1) is 0 Å². The Kier molecular flexibility index (Phi) is 7.04. The predicted octanol–water partition coefficient (Wildman–Crippen LogP) is 6.12. The van der Waals surface area contributed by atoms with Gasteiger partial charge in [-0.15, -0.1) is 0 Å². The molecule has 4 rings (SSSR count). The number of halogens is 5. The number of fused-ring (bicyclic) bond motifs is 1. The minimum atomic E-state index is -4.57. The number of amides is 1. The highest BCUT2D eigenvalue weighted by Crippen LogP contribution is 2.35. The number of pyridine rings is 2. The number of hydrogen-bond donors (Lipinski definition) is 2. The van der Waals surface area contributed by atoms with Gasteiger partial charge in [-0.2, -0.15) is 13.2 Å². The summed E-state index contributed by atoms with van der Waals surface area (Å²) in [5.74, 6) is -0.0444. The lowest BCUT2D eigenvalue weighted by molar-refractivity contribution is -0.140. The maximum atomic E-state index is 13.4. The zero-order valence-electron chi connectivity index (χ0n) is 18.0. The number of methoxy groups -OCH3 is 1. The second-order valence-electron chi connectivity index (χ2n) is 8.09. The van der Waals surface area contributed by atoms with E-state index in [0.717, 1.165) is 6.07 Å². The zero-order chi connectivity index (χ0) is 24.5. The molecule has 6 nitrogen and oxygen atoms in total. The first-order valence-corrected chi connectivity index (χ1v) is 11.3. The maximum Gasteiger partial charge on any atom is 0.433 e. The highest BCUT2D eigenvalue weighted by molar-refractivity contribution is 6.33. The second-order valence-corrected chi connectivity index (χ2v) is 8.93. The third kappa shape index (κ3) is 5.47. The summed E-state index contributed by atoms with van der Waals surface area (Å²) in [7, 11) is 1.45. The number of carbonyl (C=O) groups excluding carboxylic acids is 1. The van der Waals surface area contributed by atoms with Crippen molar-refractivity contribution < 1.29 is 22.7 Å². The Labute approximate surface area is 203 Å². The summed E-state index contributed by atoms with van der Waals surface area (Å²) in [5.41, 5.74) is -0.140. The van der Waals surface area contributed by atoms with Crippen molar-refractivity contribution in [3.63, 3.8) is 0 Å². The van der Waals surface area contributed by atoms with E-state index >= 15 is 0 Å². The quantitative estimate of drug-likeness (QED) is 0.430. The van der Waals surface area contributed by atoms with E-state index in [0.29, 0.717) is 41.8 Å². The third-order valence-corrected chi connectivity index (χ3v) is 6.30. The molecule has 0 radical (unpaired) electrons. The normalized spacial score (nSPS) is 18.5. The van der Waals surface area contributed by atoms with Crippen LogP contribution in [0.1, 0.15) is 41.7 Å². The number of alkyl halides is 3. The predicted molar refractivity (Wildman–Crippen MR) is 125 cm³/mol. The van der Waals surface area contributed by atoms with Crippen molar-refractivity contribution in [2.24, 2.45) is 0 Å². The first kappa shape index (κ1) is 24.3. The molecule has 2 aromatic heterocycles. The summed E-state index contributed by atoms with van der Waals surface area (Å²) < 4.78 is 45.1. The zero-order valence-corrected chi connectivity index (χ0v) is 19.6. The molecule has 2 heterocycles. The van der Waals surface area contributed by atoms with Gasteiger partial charge in [-0.3, -0.25) is 4.79 Å². The van der Waals surface area contributed by atoms with Crippen LogP contribution in [0.3, 0.4) is 0 Å². The standard InChI is InChI=1S/C23H21Cl2F3N4O2/c1-34-21-9-15(17(25)11-29-21)22(33)31-14-5-3-13(4-6-14)30-19-10-20(23(26,27)28)32-18-7-2-12(24)8-16(18)19/h2,7-11,13-14H,3-6H2,1H3,(H,30,32)(H,31,33)/t13-,14+. The van der Waals surface area contributed by atoms with Gasteiger partial charge < -0.3 is 15.4 Å². The van der Waals surface area contributed by atoms with E-state index < -0.39 is 11.9 Å². The molecule has 0 aliphatic heterocycles. The molecule has 0 bridgehead atoms. The smallest absolute Gasteiger partial charge is 0.433 e. The highest BCUT2D eigenvalue weighted by Gasteiger charge is 2.34. The number of ether oxygens (including phenoxy) is 1. The molecule has 1 aromatic carbocycles. The Morgan fingerprint density at radius 2 is 1.79 bits per heavy atom. The van der Waals surface area contributed by atoms with Crippen LogP contribution in [-0.2, 0) is 6.18 Å². The van der Waals surface area contributed by atoms with Gasteiger partial charge in [0.25, 0.3) is 5.91 Å². The van der Waals surface area contributed by atoms with Crippen molar-refractivity contribution in [3.8, 4) is 5.88 Å². The molecule has 1 aliphatic carbocycles. The van der Waals surface area contributed by atoms with Gasteiger partial charge in [0.1, 0.15) is 5.69 Å². The van der Waals surface area contributed by atoms with Crippen molar-refractivity contribution >= 4 is 45.7 Å². The van der Waals surface area contributed by atoms with E-state index in [1.807, 2.05) is 0 Å². The Bertz CT molecular complexity index is 1210. The molecule has 2 N–H and O–H groups in total. The number of nitrogens with zero attached hydrogens (tertiary/aromatic N) is 2. The fourth-order valence-electron chi connectivity index (χ4n) is 4.03. The van der Waals surface area contributed by atoms with Crippen LogP contribution in [0.5, 0.6) is 5.88 Å². The topological polar surface area (TPSA) is 76.1 Å². The van der Waals surface area contributed by atoms with Gasteiger partial charge in [0.2, 0.25) is 5.88 Å². The summed E-state index contributed by atoms with van der Waals surface area (Å²) in [5, 5.41) is 7.36. The number of nitrogens with one attached hydrogen (secondary N) is 2. The van der Waals surface area contributed by atoms with Crippen LogP contribution in [0.15, 0.2) is 36.5 Å². The molecule has 1 amide bonds. The highest BCUT2D eigenvalue weighted by atomic mass is 35.5. The van der Waals surface area contributed by atoms with Crippen LogP contribution in [-0.4, -0.2) is 35.1 Å². The van der Waals surface area contributed by atoms with Gasteiger partial charge in [0.05, 0.1) is 29.4 Å². The minimum Gasteiger partial charge on any atom is -0.481 e. The molecule has 180 valence electrons. The van der Waals surface area contributed by atoms with Gasteiger partial charge in [-0.05, 0) is 49.9 Å². The molecule has 1 fully saturated rings. The lowest BCUT2D eigenvalue weighted by Gasteiger charge is -2.31. The third-order valence-electron chi connectivity index (χ3n) is 5.77. The summed E-state index contributed by atoms with van der Waals surface area (Å²) in [6.45, 7) is 0. The SMILES string of the molecule is COc1cc(C(=O)N[C@H]2CC[C@@H](Nc3cc(C(F)(F)F)nc4ccc(Cl)cc34)CC2)c(Cl)cn1. The fraction of sp³-hybridized carbons (Fsp3) is 0.348. The number of rotatable bonds is 5. The fourth-order valence-corrected chi connectivity index (χ4v) is 4.39. The van der Waals surface area contributed by atoms with Gasteiger partial charge >= 0.3 is 6.18 Å². The Morgan fingerprint density at radius 1 is 1.09 bits per heavy atom. The maximum absolute atomic E-state index is 13.4. The molecule has 0 saturated heterocycles. The molecule has 3 aromatic rings. The Morgan fingerprint density at radius 3 is 2.47 bits per heavy atom. The van der Waals surface area contributed by atoms with Crippen molar-refractivity contribution in [2.75, 3.05) is 12.4 Å². The first-order chi connectivity index (χ1) is 16.1. The summed E-state index contributed by atoms with van der Waals surface area (Å²) >= 11 is 12.2. The molecular weight excluding hydrogens is 492 g/mol. The number of hydrogen-bond acceptors (Lipinski definition) is 5. The van der Waals surface area contributed by atoms with E-state index in [9.17, 15) is 18.0 Å². The number of benzene rings is 1. The van der Waals surface area contributed by atoms with E-state index in [-0.39, 0.29) is 40.0 Å². The number of anilines is 1. The summed E-state index contributed by atoms with van der Waals surface area (Å²) in [4.78, 5) is 20.4. The monoisotopic (exact) mass is 512 g/mol. The average Bonchev–Trinajstić information content (AvgIpc) is 2.80.